The van der Waals surface area contributed by atoms with E-state index in [1.807, 2.05) is 41.1 Å². The van der Waals surface area contributed by atoms with E-state index in [0.717, 1.165) is 11.1 Å². The van der Waals surface area contributed by atoms with Gasteiger partial charge in [0.05, 0.1) is 12.9 Å². The second-order valence-electron chi connectivity index (χ2n) is 7.36. The Morgan fingerprint density at radius 2 is 2.03 bits per heavy atom. The molecule has 1 aromatic carbocycles. The minimum absolute atomic E-state index is 0.0650. The van der Waals surface area contributed by atoms with E-state index in [0.29, 0.717) is 44.1 Å². The van der Waals surface area contributed by atoms with E-state index in [2.05, 4.69) is 38.0 Å². The Bertz CT molecular complexity index is 1370. The molecule has 180 valence electrons. The summed E-state index contributed by atoms with van der Waals surface area (Å²) in [6, 6.07) is 11.4. The van der Waals surface area contributed by atoms with Crippen LogP contribution in [0.25, 0.3) is 22.7 Å². The molecule has 3 heterocycles. The van der Waals surface area contributed by atoms with Crippen LogP contribution in [0, 0.1) is 6.92 Å². The third-order valence-corrected chi connectivity index (χ3v) is 7.24. The van der Waals surface area contributed by atoms with Crippen LogP contribution in [0.4, 0.5) is 5.00 Å². The number of ether oxygens (including phenoxy) is 1. The minimum Gasteiger partial charge on any atom is -0.465 e. The van der Waals surface area contributed by atoms with E-state index in [-0.39, 0.29) is 11.7 Å². The van der Waals surface area contributed by atoms with Gasteiger partial charge in [-0.3, -0.25) is 9.36 Å². The van der Waals surface area contributed by atoms with E-state index in [4.69, 9.17) is 9.15 Å². The van der Waals surface area contributed by atoms with Crippen LogP contribution < -0.4 is 5.32 Å². The Balaban J connectivity index is 1.51. The quantitative estimate of drug-likeness (QED) is 0.148. The van der Waals surface area contributed by atoms with E-state index >= 15 is 0 Å². The number of methoxy groups -OCH3 is 1. The van der Waals surface area contributed by atoms with Crippen molar-refractivity contribution in [3.63, 3.8) is 0 Å². The number of carbonyl (C=O) groups is 2. The van der Waals surface area contributed by atoms with Crippen LogP contribution in [-0.4, -0.2) is 39.5 Å². The third-order valence-electron chi connectivity index (χ3n) is 4.95. The molecule has 0 bridgehead atoms. The molecular formula is C24H21BrN4O4S2. The molecule has 0 aliphatic rings. The number of esters is 1. The molecule has 11 heteroatoms. The highest BCUT2D eigenvalue weighted by molar-refractivity contribution is 9.10. The summed E-state index contributed by atoms with van der Waals surface area (Å²) in [5, 5.41) is 14.1. The number of aromatic nitrogens is 3. The Hall–Kier alpha value is -3.15. The van der Waals surface area contributed by atoms with Crippen LogP contribution in [0.2, 0.25) is 0 Å². The van der Waals surface area contributed by atoms with Gasteiger partial charge < -0.3 is 14.5 Å². The zero-order valence-corrected chi connectivity index (χ0v) is 22.1. The second-order valence-corrected chi connectivity index (χ2v) is 9.96. The number of rotatable bonds is 9. The first kappa shape index (κ1) is 25.0. The standard InChI is InChI=1S/C24H21BrN4O4S2/c1-4-11-29-21(17-9-10-18(25)33-17)27-28-24(29)35-13-19(30)26-22-20(23(31)32-3)16(12-34-22)15-7-5-14(2)6-8-15/h4-10,12H,1,11,13H2,2-3H3,(H,26,30). The average Bonchev–Trinajstić information content (AvgIpc) is 3.57. The third kappa shape index (κ3) is 5.58. The van der Waals surface area contributed by atoms with Crippen LogP contribution in [0.15, 0.2) is 68.7 Å². The minimum atomic E-state index is -0.509. The smallest absolute Gasteiger partial charge is 0.341 e. The molecule has 0 unspecified atom stereocenters. The monoisotopic (exact) mass is 572 g/mol. The number of carbonyl (C=O) groups excluding carboxylic acids is 2. The number of thiophene rings is 1. The molecule has 0 atom stereocenters. The SMILES string of the molecule is C=CCn1c(SCC(=O)Nc2scc(-c3ccc(C)cc3)c2C(=O)OC)nnc1-c1ccc(Br)o1. The van der Waals surface area contributed by atoms with Crippen molar-refractivity contribution < 1.29 is 18.7 Å². The first-order chi connectivity index (χ1) is 16.9. The molecule has 0 radical (unpaired) electrons. The van der Waals surface area contributed by atoms with Gasteiger partial charge in [-0.25, -0.2) is 4.79 Å². The van der Waals surface area contributed by atoms with Crippen molar-refractivity contribution in [2.75, 3.05) is 18.2 Å². The van der Waals surface area contributed by atoms with Crippen LogP contribution >= 0.6 is 39.0 Å². The molecule has 35 heavy (non-hydrogen) atoms. The predicted molar refractivity (Wildman–Crippen MR) is 141 cm³/mol. The van der Waals surface area contributed by atoms with Crippen molar-refractivity contribution in [3.05, 3.63) is 70.2 Å². The van der Waals surface area contributed by atoms with Crippen molar-refractivity contribution in [1.29, 1.82) is 0 Å². The molecule has 1 amide bonds. The number of amides is 1. The first-order valence-corrected chi connectivity index (χ1v) is 13.1. The zero-order valence-electron chi connectivity index (χ0n) is 18.9. The Kier molecular flexibility index (Phi) is 7.89. The lowest BCUT2D eigenvalue weighted by Gasteiger charge is -2.09. The highest BCUT2D eigenvalue weighted by Gasteiger charge is 2.23. The average molecular weight is 573 g/mol. The maximum absolute atomic E-state index is 12.8. The van der Waals surface area contributed by atoms with Gasteiger partial charge in [0.1, 0.15) is 10.6 Å². The van der Waals surface area contributed by atoms with Gasteiger partial charge in [0.15, 0.2) is 15.6 Å². The van der Waals surface area contributed by atoms with E-state index in [1.165, 1.54) is 30.2 Å². The second kappa shape index (κ2) is 11.1. The molecule has 0 fully saturated rings. The summed E-state index contributed by atoms with van der Waals surface area (Å²) in [5.41, 5.74) is 3.03. The largest absolute Gasteiger partial charge is 0.465 e. The number of anilines is 1. The molecule has 4 aromatic rings. The molecule has 0 saturated heterocycles. The number of hydrogen-bond donors (Lipinski definition) is 1. The number of halogens is 1. The summed E-state index contributed by atoms with van der Waals surface area (Å²) in [7, 11) is 1.32. The summed E-state index contributed by atoms with van der Waals surface area (Å²) in [4.78, 5) is 25.4. The molecule has 0 aliphatic heterocycles. The van der Waals surface area contributed by atoms with Crippen molar-refractivity contribution in [2.24, 2.45) is 0 Å². The van der Waals surface area contributed by atoms with Gasteiger partial charge in [-0.1, -0.05) is 47.7 Å². The number of aryl methyl sites for hydroxylation is 1. The molecule has 0 aliphatic carbocycles. The number of nitrogens with one attached hydrogen (secondary N) is 1. The molecule has 1 N–H and O–H groups in total. The van der Waals surface area contributed by atoms with Gasteiger partial charge in [-0.2, -0.15) is 0 Å². The van der Waals surface area contributed by atoms with Crippen LogP contribution in [0.3, 0.4) is 0 Å². The van der Waals surface area contributed by atoms with Crippen LogP contribution in [0.5, 0.6) is 0 Å². The van der Waals surface area contributed by atoms with Gasteiger partial charge in [0.2, 0.25) is 11.7 Å². The molecular weight excluding hydrogens is 552 g/mol. The fourth-order valence-corrected chi connectivity index (χ4v) is 5.33. The number of nitrogens with zero attached hydrogens (tertiary/aromatic N) is 3. The molecule has 0 spiro atoms. The van der Waals surface area contributed by atoms with Crippen molar-refractivity contribution >= 4 is 55.9 Å². The lowest BCUT2D eigenvalue weighted by Crippen LogP contribution is -2.16. The number of hydrogen-bond acceptors (Lipinski definition) is 8. The molecule has 3 aromatic heterocycles. The van der Waals surface area contributed by atoms with E-state index in [9.17, 15) is 9.59 Å². The first-order valence-electron chi connectivity index (χ1n) is 10.4. The van der Waals surface area contributed by atoms with Gasteiger partial charge in [-0.15, -0.1) is 28.1 Å². The normalized spacial score (nSPS) is 10.8. The summed E-state index contributed by atoms with van der Waals surface area (Å²) < 4.78 is 13.0. The fraction of sp³-hybridized carbons (Fsp3) is 0.167. The number of allylic oxidation sites excluding steroid dienone is 1. The lowest BCUT2D eigenvalue weighted by molar-refractivity contribution is -0.113. The van der Waals surface area contributed by atoms with E-state index in [1.54, 1.807) is 18.2 Å². The Morgan fingerprint density at radius 3 is 2.69 bits per heavy atom. The zero-order chi connectivity index (χ0) is 24.9. The number of thioether (sulfide) groups is 1. The summed E-state index contributed by atoms with van der Waals surface area (Å²) in [6.45, 7) is 6.23. The van der Waals surface area contributed by atoms with Crippen LogP contribution in [0.1, 0.15) is 15.9 Å². The van der Waals surface area contributed by atoms with Gasteiger partial charge in [-0.05, 0) is 40.5 Å². The van der Waals surface area contributed by atoms with Gasteiger partial charge >= 0.3 is 5.97 Å². The maximum atomic E-state index is 12.8. The number of benzene rings is 1. The molecule has 4 rings (SSSR count). The Labute approximate surface area is 218 Å². The summed E-state index contributed by atoms with van der Waals surface area (Å²) in [6.07, 6.45) is 1.72. The summed E-state index contributed by atoms with van der Waals surface area (Å²) in [5.74, 6) is 0.354. The highest BCUT2D eigenvalue weighted by Crippen LogP contribution is 2.36. The van der Waals surface area contributed by atoms with E-state index < -0.39 is 5.97 Å². The van der Waals surface area contributed by atoms with Gasteiger partial charge in [0, 0.05) is 17.5 Å². The van der Waals surface area contributed by atoms with Crippen molar-refractivity contribution in [1.82, 2.24) is 14.8 Å². The highest BCUT2D eigenvalue weighted by atomic mass is 79.9. The molecule has 0 saturated carbocycles. The van der Waals surface area contributed by atoms with Crippen molar-refractivity contribution in [2.45, 2.75) is 18.6 Å². The fourth-order valence-electron chi connectivity index (χ4n) is 3.30. The lowest BCUT2D eigenvalue weighted by atomic mass is 10.0. The van der Waals surface area contributed by atoms with Crippen molar-refractivity contribution in [3.8, 4) is 22.7 Å². The topological polar surface area (TPSA) is 99.2 Å². The summed E-state index contributed by atoms with van der Waals surface area (Å²) >= 11 is 5.79. The van der Waals surface area contributed by atoms with Gasteiger partial charge in [0.25, 0.3) is 0 Å². The maximum Gasteiger partial charge on any atom is 0.341 e. The Morgan fingerprint density at radius 1 is 1.26 bits per heavy atom. The number of furan rings is 1. The van der Waals surface area contributed by atoms with Crippen LogP contribution in [-0.2, 0) is 16.1 Å². The molecule has 8 nitrogen and oxygen atoms in total. The predicted octanol–water partition coefficient (Wildman–Crippen LogP) is 6.04.